The summed E-state index contributed by atoms with van der Waals surface area (Å²) in [5, 5.41) is 4.69. The lowest BCUT2D eigenvalue weighted by Crippen LogP contribution is -2.16. The van der Waals surface area contributed by atoms with E-state index in [2.05, 4.69) is 243 Å². The number of fused-ring (bicyclic) bond motifs is 9. The molecule has 0 atom stereocenters. The molecule has 4 aliphatic rings. The minimum Gasteiger partial charge on any atom is -0.453 e. The van der Waals surface area contributed by atoms with Gasteiger partial charge in [0.25, 0.3) is 0 Å². The maximum absolute atomic E-state index is 6.52. The first kappa shape index (κ1) is 42.7. The average molecular weight is 939 g/mol. The third-order valence-corrected chi connectivity index (χ3v) is 15.4. The Labute approximate surface area is 426 Å². The number of benzene rings is 10. The molecule has 14 rings (SSSR count). The molecule has 73 heavy (non-hydrogen) atoms. The summed E-state index contributed by atoms with van der Waals surface area (Å²) in [6, 6.07) is 72.7. The minimum absolute atomic E-state index is 0.0457. The molecule has 4 nitrogen and oxygen atoms in total. The lowest BCUT2D eigenvalue weighted by molar-refractivity contribution is 0.477. The van der Waals surface area contributed by atoms with E-state index in [4.69, 9.17) is 9.47 Å². The second kappa shape index (κ2) is 16.8. The number of allylic oxidation sites excluding steroid dienone is 8. The first-order valence-electron chi connectivity index (χ1n) is 25.3. The molecule has 0 radical (unpaired) electrons. The highest BCUT2D eigenvalue weighted by atomic mass is 16.5. The Hall–Kier alpha value is -9.12. The van der Waals surface area contributed by atoms with Crippen molar-refractivity contribution >= 4 is 61.2 Å². The zero-order valence-electron chi connectivity index (χ0n) is 40.9. The van der Waals surface area contributed by atoms with Crippen molar-refractivity contribution in [1.82, 2.24) is 0 Å². The topological polar surface area (TPSA) is 24.9 Å². The van der Waals surface area contributed by atoms with Crippen molar-refractivity contribution < 1.29 is 9.47 Å². The van der Waals surface area contributed by atoms with Crippen LogP contribution in [0.15, 0.2) is 242 Å². The fourth-order valence-electron chi connectivity index (χ4n) is 11.9. The monoisotopic (exact) mass is 938 g/mol. The fourth-order valence-corrected chi connectivity index (χ4v) is 11.9. The van der Waals surface area contributed by atoms with Gasteiger partial charge in [0, 0.05) is 16.8 Å². The minimum atomic E-state index is -0.0457. The van der Waals surface area contributed by atoms with Crippen molar-refractivity contribution in [3.8, 4) is 56.4 Å². The molecular weight excluding hydrogens is 889 g/mol. The molecule has 0 saturated heterocycles. The molecule has 0 unspecified atom stereocenters. The highest BCUT2D eigenvalue weighted by Gasteiger charge is 2.35. The summed E-state index contributed by atoms with van der Waals surface area (Å²) in [5.74, 6) is 3.31. The van der Waals surface area contributed by atoms with Crippen molar-refractivity contribution in [3.05, 3.63) is 259 Å². The Balaban J connectivity index is 1.02. The van der Waals surface area contributed by atoms with E-state index in [1.807, 2.05) is 24.3 Å². The molecule has 0 N–H and O–H groups in total. The standard InChI is InChI=1S/C69H50N2O2/c1-44(29-30-45-17-5-4-6-18-45)67-52-38-36-50(71-61-23-11-15-27-65(61)73-66-28-16-12-24-62(66)71)43-56(52)68(47-33-31-46(32-34-47)48-35-40-58-54(41-48)51-19-7-8-20-57(51)69(58,2)3)53-39-37-49(42-55(53)67)70-59-21-9-13-25-63(59)72-64-26-14-10-22-60(64)70/h4-17,19-43H,18H2,1-3H3/b44-29+,45-30-. The van der Waals surface area contributed by atoms with Gasteiger partial charge in [-0.2, -0.15) is 0 Å². The van der Waals surface area contributed by atoms with Crippen LogP contribution in [-0.4, -0.2) is 0 Å². The van der Waals surface area contributed by atoms with E-state index in [0.717, 1.165) is 69.1 Å². The third kappa shape index (κ3) is 6.89. The van der Waals surface area contributed by atoms with E-state index in [-0.39, 0.29) is 5.41 Å². The maximum atomic E-state index is 6.52. The Bertz CT molecular complexity index is 3970. The van der Waals surface area contributed by atoms with Crippen molar-refractivity contribution in [2.75, 3.05) is 9.80 Å². The van der Waals surface area contributed by atoms with Gasteiger partial charge in [-0.15, -0.1) is 0 Å². The number of nitrogens with zero attached hydrogens (tertiary/aromatic N) is 2. The molecule has 2 aliphatic carbocycles. The van der Waals surface area contributed by atoms with Gasteiger partial charge in [-0.05, 0) is 175 Å². The lowest BCUT2D eigenvalue weighted by atomic mass is 9.82. The maximum Gasteiger partial charge on any atom is 0.151 e. The van der Waals surface area contributed by atoms with Crippen molar-refractivity contribution in [3.63, 3.8) is 0 Å². The molecule has 4 heteroatoms. The van der Waals surface area contributed by atoms with Crippen LogP contribution in [0, 0.1) is 0 Å². The largest absolute Gasteiger partial charge is 0.453 e. The van der Waals surface area contributed by atoms with Crippen molar-refractivity contribution in [2.24, 2.45) is 0 Å². The molecule has 2 heterocycles. The number of ether oxygens (including phenoxy) is 2. The molecule has 348 valence electrons. The van der Waals surface area contributed by atoms with E-state index in [0.29, 0.717) is 0 Å². The van der Waals surface area contributed by atoms with Gasteiger partial charge in [0.05, 0.1) is 22.7 Å². The number of para-hydroxylation sites is 8. The summed E-state index contributed by atoms with van der Waals surface area (Å²) in [4.78, 5) is 4.70. The molecule has 0 saturated carbocycles. The predicted molar refractivity (Wildman–Crippen MR) is 304 cm³/mol. The number of hydrogen-bond acceptors (Lipinski definition) is 4. The highest BCUT2D eigenvalue weighted by molar-refractivity contribution is 6.20. The third-order valence-electron chi connectivity index (χ3n) is 15.4. The van der Waals surface area contributed by atoms with Gasteiger partial charge >= 0.3 is 0 Å². The van der Waals surface area contributed by atoms with E-state index < -0.39 is 0 Å². The Morgan fingerprint density at radius 1 is 0.466 bits per heavy atom. The lowest BCUT2D eigenvalue weighted by Gasteiger charge is -2.33. The van der Waals surface area contributed by atoms with E-state index in [1.165, 1.54) is 77.2 Å². The van der Waals surface area contributed by atoms with Crippen LogP contribution in [0.3, 0.4) is 0 Å². The smallest absolute Gasteiger partial charge is 0.151 e. The van der Waals surface area contributed by atoms with Crippen LogP contribution < -0.4 is 19.3 Å². The van der Waals surface area contributed by atoms with Crippen LogP contribution in [0.1, 0.15) is 43.9 Å². The van der Waals surface area contributed by atoms with Crippen LogP contribution in [-0.2, 0) is 5.41 Å². The fraction of sp³-hybridized carbons (Fsp3) is 0.0725. The van der Waals surface area contributed by atoms with Gasteiger partial charge in [-0.3, -0.25) is 0 Å². The Morgan fingerprint density at radius 2 is 0.986 bits per heavy atom. The van der Waals surface area contributed by atoms with E-state index >= 15 is 0 Å². The molecule has 0 fully saturated rings. The van der Waals surface area contributed by atoms with Gasteiger partial charge in [0.2, 0.25) is 0 Å². The van der Waals surface area contributed by atoms with Gasteiger partial charge in [-0.1, -0.05) is 172 Å². The van der Waals surface area contributed by atoms with Gasteiger partial charge in [0.15, 0.2) is 23.0 Å². The Morgan fingerprint density at radius 3 is 1.59 bits per heavy atom. The van der Waals surface area contributed by atoms with Gasteiger partial charge in [0.1, 0.15) is 0 Å². The number of rotatable bonds is 6. The van der Waals surface area contributed by atoms with Crippen LogP contribution in [0.4, 0.5) is 34.1 Å². The zero-order chi connectivity index (χ0) is 48.8. The highest BCUT2D eigenvalue weighted by Crippen LogP contribution is 2.55. The number of anilines is 6. The summed E-state index contributed by atoms with van der Waals surface area (Å²) in [6.07, 6.45) is 14.2. The van der Waals surface area contributed by atoms with E-state index in [9.17, 15) is 0 Å². The summed E-state index contributed by atoms with van der Waals surface area (Å²) < 4.78 is 13.0. The van der Waals surface area contributed by atoms with Crippen molar-refractivity contribution in [1.29, 1.82) is 0 Å². The SMILES string of the molecule is C/C(=C\C=C1\C=CC=CC1)c1c2cc(N3c4ccccc4Oc4ccccc43)ccc2c(-c2ccc(-c3ccc4c(c3)-c3ccccc3C4(C)C)cc2)c2cc(N3c4ccccc4Oc4ccccc43)ccc12. The molecule has 10 aromatic carbocycles. The number of hydrogen-bond donors (Lipinski definition) is 0. The Kier molecular flexibility index (Phi) is 9.81. The van der Waals surface area contributed by atoms with Crippen LogP contribution in [0.2, 0.25) is 0 Å². The molecule has 0 bridgehead atoms. The second-order valence-corrected chi connectivity index (χ2v) is 20.0. The molecule has 0 aromatic heterocycles. The first-order chi connectivity index (χ1) is 35.9. The zero-order valence-corrected chi connectivity index (χ0v) is 40.9. The molecule has 0 spiro atoms. The molecular formula is C69H50N2O2. The first-order valence-corrected chi connectivity index (χ1v) is 25.3. The summed E-state index contributed by atoms with van der Waals surface area (Å²) in [7, 11) is 0. The van der Waals surface area contributed by atoms with Crippen LogP contribution >= 0.6 is 0 Å². The predicted octanol–water partition coefficient (Wildman–Crippen LogP) is 19.6. The van der Waals surface area contributed by atoms with Crippen LogP contribution in [0.5, 0.6) is 23.0 Å². The molecule has 10 aromatic rings. The summed E-state index contributed by atoms with van der Waals surface area (Å²) in [5.41, 5.74) is 19.9. The normalized spacial score (nSPS) is 15.3. The quantitative estimate of drug-likeness (QED) is 0.155. The van der Waals surface area contributed by atoms with Crippen molar-refractivity contribution in [2.45, 2.75) is 32.6 Å². The van der Waals surface area contributed by atoms with Gasteiger partial charge < -0.3 is 19.3 Å². The molecule has 2 aliphatic heterocycles. The molecule has 0 amide bonds. The second-order valence-electron chi connectivity index (χ2n) is 20.0. The van der Waals surface area contributed by atoms with Gasteiger partial charge in [-0.25, -0.2) is 0 Å². The summed E-state index contributed by atoms with van der Waals surface area (Å²) >= 11 is 0. The van der Waals surface area contributed by atoms with E-state index in [1.54, 1.807) is 0 Å². The summed E-state index contributed by atoms with van der Waals surface area (Å²) in [6.45, 7) is 6.96. The van der Waals surface area contributed by atoms with Crippen LogP contribution in [0.25, 0.3) is 60.5 Å². The average Bonchev–Trinajstić information content (AvgIpc) is 3.67.